The van der Waals surface area contributed by atoms with Gasteiger partial charge < -0.3 is 15.0 Å². The Kier molecular flexibility index (Phi) is 2.64. The maximum absolute atomic E-state index is 5.86. The molecule has 0 radical (unpaired) electrons. The Morgan fingerprint density at radius 1 is 1.32 bits per heavy atom. The van der Waals surface area contributed by atoms with Crippen LogP contribution in [0.1, 0.15) is 0 Å². The molecule has 3 aromatic rings. The number of H-pyrrole nitrogens is 1. The Balaban J connectivity index is 2.23. The van der Waals surface area contributed by atoms with Crippen LogP contribution >= 0.6 is 0 Å². The van der Waals surface area contributed by atoms with Crippen molar-refractivity contribution >= 4 is 5.88 Å². The molecular weight excluding hydrogens is 246 g/mol. The Morgan fingerprint density at radius 3 is 2.89 bits per heavy atom. The van der Waals surface area contributed by atoms with E-state index in [9.17, 15) is 0 Å². The zero-order chi connectivity index (χ0) is 13.2. The quantitative estimate of drug-likeness (QED) is 0.740. The second-order valence-corrected chi connectivity index (χ2v) is 3.83. The van der Waals surface area contributed by atoms with E-state index in [4.69, 9.17) is 15.0 Å². The highest BCUT2D eigenvalue weighted by Crippen LogP contribution is 2.39. The number of anilines is 1. The van der Waals surface area contributed by atoms with Crippen molar-refractivity contribution in [3.05, 3.63) is 30.5 Å². The van der Waals surface area contributed by atoms with Crippen LogP contribution in [0, 0.1) is 0 Å². The van der Waals surface area contributed by atoms with Crippen LogP contribution < -0.4 is 10.5 Å². The maximum Gasteiger partial charge on any atom is 0.230 e. The van der Waals surface area contributed by atoms with Crippen LogP contribution in [0.25, 0.3) is 22.5 Å². The van der Waals surface area contributed by atoms with Crippen LogP contribution in [0.3, 0.4) is 0 Å². The Hall–Kier alpha value is -2.83. The molecule has 0 aliphatic heterocycles. The number of ether oxygens (including phenoxy) is 1. The normalized spacial score (nSPS) is 10.6. The van der Waals surface area contributed by atoms with Crippen molar-refractivity contribution < 1.29 is 9.26 Å². The third-order valence-electron chi connectivity index (χ3n) is 2.75. The van der Waals surface area contributed by atoms with Crippen molar-refractivity contribution in [2.75, 3.05) is 12.8 Å². The van der Waals surface area contributed by atoms with E-state index in [0.29, 0.717) is 22.7 Å². The lowest BCUT2D eigenvalue weighted by Crippen LogP contribution is -1.92. The van der Waals surface area contributed by atoms with Gasteiger partial charge in [0.25, 0.3) is 0 Å². The van der Waals surface area contributed by atoms with Crippen molar-refractivity contribution in [1.82, 2.24) is 20.6 Å². The van der Waals surface area contributed by atoms with Crippen LogP contribution in [-0.2, 0) is 0 Å². The van der Waals surface area contributed by atoms with Gasteiger partial charge in [0.1, 0.15) is 17.1 Å². The number of benzene rings is 1. The molecule has 0 aliphatic rings. The number of aromatic nitrogens is 4. The minimum Gasteiger partial charge on any atom is -0.496 e. The predicted molar refractivity (Wildman–Crippen MR) is 68.3 cm³/mol. The fraction of sp³-hybridized carbons (Fsp3) is 0.0833. The lowest BCUT2D eigenvalue weighted by molar-refractivity contribution is 0.416. The van der Waals surface area contributed by atoms with Crippen molar-refractivity contribution in [2.45, 2.75) is 0 Å². The Labute approximate surface area is 108 Å². The molecule has 3 rings (SSSR count). The lowest BCUT2D eigenvalue weighted by Gasteiger charge is -2.07. The minimum absolute atomic E-state index is 0.211. The fourth-order valence-corrected chi connectivity index (χ4v) is 1.90. The zero-order valence-corrected chi connectivity index (χ0v) is 10.1. The Morgan fingerprint density at radius 2 is 2.16 bits per heavy atom. The van der Waals surface area contributed by atoms with E-state index in [0.717, 1.165) is 5.56 Å². The summed E-state index contributed by atoms with van der Waals surface area (Å²) >= 11 is 0. The molecule has 7 nitrogen and oxygen atoms in total. The van der Waals surface area contributed by atoms with Crippen molar-refractivity contribution in [2.24, 2.45) is 0 Å². The smallest absolute Gasteiger partial charge is 0.230 e. The van der Waals surface area contributed by atoms with Crippen LogP contribution in [0.4, 0.5) is 5.88 Å². The molecule has 0 saturated heterocycles. The number of hydrogen-bond donors (Lipinski definition) is 2. The third-order valence-corrected chi connectivity index (χ3v) is 2.75. The van der Waals surface area contributed by atoms with Crippen molar-refractivity contribution in [1.29, 1.82) is 0 Å². The SMILES string of the molecule is COc1ccccc1-c1c(-c2cn[nH]n2)noc1N. The first-order valence-electron chi connectivity index (χ1n) is 5.56. The molecule has 0 amide bonds. The molecule has 2 heterocycles. The van der Waals surface area contributed by atoms with E-state index < -0.39 is 0 Å². The zero-order valence-electron chi connectivity index (χ0n) is 10.1. The number of para-hydroxylation sites is 1. The maximum atomic E-state index is 5.86. The minimum atomic E-state index is 0.211. The molecule has 19 heavy (non-hydrogen) atoms. The van der Waals surface area contributed by atoms with Crippen molar-refractivity contribution in [3.63, 3.8) is 0 Å². The first kappa shape index (κ1) is 11.3. The third kappa shape index (κ3) is 1.81. The van der Waals surface area contributed by atoms with Gasteiger partial charge in [-0.15, -0.1) is 0 Å². The molecule has 0 aliphatic carbocycles. The van der Waals surface area contributed by atoms with Gasteiger partial charge in [0.05, 0.1) is 18.9 Å². The molecule has 1 aromatic carbocycles. The first-order valence-corrected chi connectivity index (χ1v) is 5.56. The molecule has 0 spiro atoms. The number of hydrogen-bond acceptors (Lipinski definition) is 6. The van der Waals surface area contributed by atoms with Gasteiger partial charge in [-0.3, -0.25) is 0 Å². The number of methoxy groups -OCH3 is 1. The molecule has 0 bridgehead atoms. The highest BCUT2D eigenvalue weighted by molar-refractivity contribution is 5.88. The summed E-state index contributed by atoms with van der Waals surface area (Å²) in [5.74, 6) is 0.893. The number of nitrogens with one attached hydrogen (secondary N) is 1. The van der Waals surface area contributed by atoms with Crippen molar-refractivity contribution in [3.8, 4) is 28.3 Å². The number of aromatic amines is 1. The van der Waals surface area contributed by atoms with E-state index >= 15 is 0 Å². The number of nitrogens with zero attached hydrogens (tertiary/aromatic N) is 3. The lowest BCUT2D eigenvalue weighted by atomic mass is 10.0. The van der Waals surface area contributed by atoms with E-state index in [1.807, 2.05) is 24.3 Å². The van der Waals surface area contributed by atoms with Gasteiger partial charge in [0.2, 0.25) is 5.88 Å². The van der Waals surface area contributed by atoms with Gasteiger partial charge in [-0.2, -0.15) is 15.4 Å². The van der Waals surface area contributed by atoms with Gasteiger partial charge in [-0.05, 0) is 6.07 Å². The average Bonchev–Trinajstić information content (AvgIpc) is 3.07. The van der Waals surface area contributed by atoms with E-state index in [1.165, 1.54) is 0 Å². The monoisotopic (exact) mass is 257 g/mol. The summed E-state index contributed by atoms with van der Waals surface area (Å²) in [6, 6.07) is 7.48. The summed E-state index contributed by atoms with van der Waals surface area (Å²) in [5.41, 5.74) is 8.38. The largest absolute Gasteiger partial charge is 0.496 e. The second kappa shape index (κ2) is 4.45. The average molecular weight is 257 g/mol. The Bertz CT molecular complexity index is 690. The highest BCUT2D eigenvalue weighted by atomic mass is 16.5. The summed E-state index contributed by atoms with van der Waals surface area (Å²) in [6.45, 7) is 0. The summed E-state index contributed by atoms with van der Waals surface area (Å²) in [7, 11) is 1.60. The summed E-state index contributed by atoms with van der Waals surface area (Å²) in [6.07, 6.45) is 1.55. The number of nitrogens with two attached hydrogens (primary N) is 1. The summed E-state index contributed by atoms with van der Waals surface area (Å²) < 4.78 is 10.4. The van der Waals surface area contributed by atoms with Gasteiger partial charge in [-0.25, -0.2) is 0 Å². The molecule has 0 saturated carbocycles. The van der Waals surface area contributed by atoms with Gasteiger partial charge >= 0.3 is 0 Å². The van der Waals surface area contributed by atoms with Gasteiger partial charge in [0, 0.05) is 5.56 Å². The number of rotatable bonds is 3. The predicted octanol–water partition coefficient (Wildman–Crippen LogP) is 1.72. The van der Waals surface area contributed by atoms with E-state index in [-0.39, 0.29) is 5.88 Å². The van der Waals surface area contributed by atoms with E-state index in [2.05, 4.69) is 20.6 Å². The van der Waals surface area contributed by atoms with Crippen LogP contribution in [0.2, 0.25) is 0 Å². The molecule has 0 fully saturated rings. The van der Waals surface area contributed by atoms with Crippen LogP contribution in [0.5, 0.6) is 5.75 Å². The van der Waals surface area contributed by atoms with Gasteiger partial charge in [-0.1, -0.05) is 23.4 Å². The first-order chi connectivity index (χ1) is 9.31. The van der Waals surface area contributed by atoms with Crippen LogP contribution in [0.15, 0.2) is 35.0 Å². The summed E-state index contributed by atoms with van der Waals surface area (Å²) in [4.78, 5) is 0. The van der Waals surface area contributed by atoms with Gasteiger partial charge in [0.15, 0.2) is 0 Å². The fourth-order valence-electron chi connectivity index (χ4n) is 1.90. The molecule has 0 atom stereocenters. The number of nitrogen functional groups attached to an aromatic ring is 1. The highest BCUT2D eigenvalue weighted by Gasteiger charge is 2.21. The molecule has 7 heteroatoms. The van der Waals surface area contributed by atoms with Crippen LogP contribution in [-0.4, -0.2) is 27.7 Å². The molecule has 96 valence electrons. The van der Waals surface area contributed by atoms with E-state index in [1.54, 1.807) is 13.3 Å². The molecular formula is C12H11N5O2. The second-order valence-electron chi connectivity index (χ2n) is 3.83. The standard InChI is InChI=1S/C12H11N5O2/c1-18-9-5-3-2-4-7(9)10-11(16-19-12(10)13)8-6-14-17-15-8/h2-6H,13H2,1H3,(H,14,15,17). The topological polar surface area (TPSA) is 103 Å². The molecule has 3 N–H and O–H groups in total. The molecule has 2 aromatic heterocycles. The summed E-state index contributed by atoms with van der Waals surface area (Å²) in [5, 5.41) is 14.2. The molecule has 0 unspecified atom stereocenters.